The molecule has 2 heterocycles. The van der Waals surface area contributed by atoms with Crippen LogP contribution in [-0.4, -0.2) is 14.6 Å². The number of aryl methyl sites for hydroxylation is 1. The number of hydrogen-bond acceptors (Lipinski definition) is 2. The highest BCUT2D eigenvalue weighted by Crippen LogP contribution is 2.26. The van der Waals surface area contributed by atoms with Crippen molar-refractivity contribution < 1.29 is 13.2 Å². The highest BCUT2D eigenvalue weighted by molar-refractivity contribution is 5.40. The molecule has 0 atom stereocenters. The highest BCUT2D eigenvalue weighted by atomic mass is 19.4. The lowest BCUT2D eigenvalue weighted by Crippen LogP contribution is -2.14. The second-order valence-electron chi connectivity index (χ2n) is 3.32. The summed E-state index contributed by atoms with van der Waals surface area (Å²) in [5.74, 6) is -1.17. The third kappa shape index (κ3) is 1.68. The lowest BCUT2D eigenvalue weighted by molar-refractivity contribution is -0.144. The lowest BCUT2D eigenvalue weighted by Gasteiger charge is -1.98. The summed E-state index contributed by atoms with van der Waals surface area (Å²) in [6.07, 6.45) is -4.01. The Morgan fingerprint density at radius 3 is 2.69 bits per heavy atom. The molecule has 0 aromatic carbocycles. The van der Waals surface area contributed by atoms with E-state index in [-0.39, 0.29) is 5.65 Å². The third-order valence-corrected chi connectivity index (χ3v) is 2.19. The van der Waals surface area contributed by atoms with E-state index in [1.165, 1.54) is 12.1 Å². The summed E-state index contributed by atoms with van der Waals surface area (Å²) < 4.78 is 37.8. The molecule has 0 aliphatic heterocycles. The minimum absolute atomic E-state index is 0.0170. The van der Waals surface area contributed by atoms with Crippen LogP contribution in [0.2, 0.25) is 0 Å². The molecule has 0 aliphatic carbocycles. The van der Waals surface area contributed by atoms with Gasteiger partial charge >= 0.3 is 6.18 Å². The molecule has 2 rings (SSSR count). The number of pyridine rings is 1. The zero-order valence-electron chi connectivity index (χ0n) is 8.30. The summed E-state index contributed by atoms with van der Waals surface area (Å²) in [5, 5.41) is 1.92. The summed E-state index contributed by atoms with van der Waals surface area (Å²) >= 11 is 0. The van der Waals surface area contributed by atoms with Gasteiger partial charge in [-0.25, -0.2) is 4.98 Å². The average Bonchev–Trinajstić information content (AvgIpc) is 2.61. The van der Waals surface area contributed by atoms with Gasteiger partial charge in [-0.2, -0.15) is 17.7 Å². The predicted octanol–water partition coefficient (Wildman–Crippen LogP) is 1.60. The zero-order chi connectivity index (χ0) is 11.9. The summed E-state index contributed by atoms with van der Waals surface area (Å²) in [7, 11) is 0. The number of alkyl halides is 3. The normalized spacial score (nSPS) is 12.2. The van der Waals surface area contributed by atoms with Crippen LogP contribution in [0.4, 0.5) is 13.2 Å². The molecular formula is C9H8F3N3O. The van der Waals surface area contributed by atoms with Gasteiger partial charge in [-0.15, -0.1) is 0 Å². The van der Waals surface area contributed by atoms with E-state index in [1.807, 2.05) is 12.0 Å². The van der Waals surface area contributed by atoms with E-state index in [4.69, 9.17) is 0 Å². The Morgan fingerprint density at radius 2 is 2.12 bits per heavy atom. The summed E-state index contributed by atoms with van der Waals surface area (Å²) in [5.41, 5.74) is 0.0965. The van der Waals surface area contributed by atoms with E-state index in [1.54, 1.807) is 0 Å². The van der Waals surface area contributed by atoms with E-state index >= 15 is 0 Å². The molecule has 7 heteroatoms. The molecule has 1 N–H and O–H groups in total. The van der Waals surface area contributed by atoms with Crippen LogP contribution >= 0.6 is 0 Å². The number of halogens is 3. The molecule has 0 aliphatic rings. The van der Waals surface area contributed by atoms with Gasteiger partial charge < -0.3 is 0 Å². The highest BCUT2D eigenvalue weighted by Gasteiger charge is 2.35. The second kappa shape index (κ2) is 3.36. The standard InChI is InChI=1S/C9H8F3N3O/c1-2-5-3-6-13-8(9(10,11)12)14-15(6)7(16)4-5/h3-4H,2H2,1H3,(H,13,14). The maximum absolute atomic E-state index is 12.3. The zero-order valence-corrected chi connectivity index (χ0v) is 8.30. The maximum atomic E-state index is 12.3. The number of nitrogens with zero attached hydrogens (tertiary/aromatic N) is 2. The number of aromatic amines is 1. The van der Waals surface area contributed by atoms with Gasteiger partial charge in [0.25, 0.3) is 5.56 Å². The largest absolute Gasteiger partial charge is 0.451 e. The van der Waals surface area contributed by atoms with Gasteiger partial charge in [0.2, 0.25) is 5.82 Å². The van der Waals surface area contributed by atoms with Crippen molar-refractivity contribution in [3.63, 3.8) is 0 Å². The van der Waals surface area contributed by atoms with Crippen LogP contribution in [0, 0.1) is 0 Å². The first kappa shape index (κ1) is 10.7. The first-order valence-corrected chi connectivity index (χ1v) is 4.60. The first-order valence-electron chi connectivity index (χ1n) is 4.60. The van der Waals surface area contributed by atoms with Crippen LogP contribution in [0.5, 0.6) is 0 Å². The molecule has 86 valence electrons. The minimum Gasteiger partial charge on any atom is -0.269 e. The van der Waals surface area contributed by atoms with Crippen LogP contribution in [0.15, 0.2) is 16.9 Å². The molecule has 0 saturated carbocycles. The van der Waals surface area contributed by atoms with Crippen molar-refractivity contribution in [2.75, 3.05) is 0 Å². The smallest absolute Gasteiger partial charge is 0.269 e. The molecule has 0 fully saturated rings. The minimum atomic E-state index is -4.58. The lowest BCUT2D eigenvalue weighted by atomic mass is 10.2. The van der Waals surface area contributed by atoms with E-state index in [2.05, 4.69) is 4.98 Å². The van der Waals surface area contributed by atoms with Crippen molar-refractivity contribution in [2.45, 2.75) is 19.5 Å². The monoisotopic (exact) mass is 231 g/mol. The van der Waals surface area contributed by atoms with Gasteiger partial charge in [0, 0.05) is 6.07 Å². The third-order valence-electron chi connectivity index (χ3n) is 2.19. The van der Waals surface area contributed by atoms with Crippen LogP contribution in [0.25, 0.3) is 5.65 Å². The molecule has 0 saturated heterocycles. The molecule has 0 unspecified atom stereocenters. The molecular weight excluding hydrogens is 223 g/mol. The fourth-order valence-corrected chi connectivity index (χ4v) is 1.38. The van der Waals surface area contributed by atoms with Gasteiger partial charge in [0.1, 0.15) is 0 Å². The fraction of sp³-hybridized carbons (Fsp3) is 0.333. The molecule has 4 nitrogen and oxygen atoms in total. The Labute approximate surface area is 87.7 Å². The molecule has 0 amide bonds. The molecule has 2 aromatic heterocycles. The van der Waals surface area contributed by atoms with Crippen LogP contribution in [0.3, 0.4) is 0 Å². The fourth-order valence-electron chi connectivity index (χ4n) is 1.38. The number of aromatic nitrogens is 3. The van der Waals surface area contributed by atoms with Crippen molar-refractivity contribution in [1.29, 1.82) is 0 Å². The second-order valence-corrected chi connectivity index (χ2v) is 3.32. The maximum Gasteiger partial charge on any atom is 0.451 e. The summed E-state index contributed by atoms with van der Waals surface area (Å²) in [6.45, 7) is 1.81. The van der Waals surface area contributed by atoms with Crippen molar-refractivity contribution in [2.24, 2.45) is 0 Å². The van der Waals surface area contributed by atoms with Crippen LogP contribution in [0.1, 0.15) is 18.3 Å². The van der Waals surface area contributed by atoms with Crippen LogP contribution in [-0.2, 0) is 12.6 Å². The van der Waals surface area contributed by atoms with Crippen LogP contribution < -0.4 is 5.56 Å². The predicted molar refractivity (Wildman–Crippen MR) is 50.2 cm³/mol. The number of nitrogens with one attached hydrogen (secondary N) is 1. The Kier molecular flexibility index (Phi) is 2.25. The van der Waals surface area contributed by atoms with Gasteiger partial charge in [-0.3, -0.25) is 9.89 Å². The SMILES string of the molecule is CCc1cc(=O)n2[nH]c(C(F)(F)F)nc2c1. The topological polar surface area (TPSA) is 50.2 Å². The molecule has 16 heavy (non-hydrogen) atoms. The Morgan fingerprint density at radius 1 is 1.44 bits per heavy atom. The Bertz CT molecular complexity index is 582. The Hall–Kier alpha value is -1.79. The average molecular weight is 231 g/mol. The quantitative estimate of drug-likeness (QED) is 0.810. The summed E-state index contributed by atoms with van der Waals surface area (Å²) in [6, 6.07) is 2.73. The molecule has 0 radical (unpaired) electrons. The van der Waals surface area contributed by atoms with Gasteiger partial charge in [-0.1, -0.05) is 6.92 Å². The van der Waals surface area contributed by atoms with Crippen molar-refractivity contribution >= 4 is 5.65 Å². The molecule has 0 bridgehead atoms. The van der Waals surface area contributed by atoms with E-state index < -0.39 is 17.6 Å². The van der Waals surface area contributed by atoms with Gasteiger partial charge in [0.15, 0.2) is 5.65 Å². The molecule has 0 spiro atoms. The number of rotatable bonds is 1. The Balaban J connectivity index is 2.71. The number of H-pyrrole nitrogens is 1. The van der Waals surface area contributed by atoms with Crippen molar-refractivity contribution in [3.05, 3.63) is 33.9 Å². The van der Waals surface area contributed by atoms with Gasteiger partial charge in [-0.05, 0) is 18.1 Å². The first-order chi connectivity index (χ1) is 7.41. The van der Waals surface area contributed by atoms with E-state index in [0.29, 0.717) is 12.0 Å². The number of fused-ring (bicyclic) bond motifs is 1. The van der Waals surface area contributed by atoms with Crippen molar-refractivity contribution in [3.8, 4) is 0 Å². The van der Waals surface area contributed by atoms with Gasteiger partial charge in [0.05, 0.1) is 0 Å². The number of hydrogen-bond donors (Lipinski definition) is 1. The summed E-state index contributed by atoms with van der Waals surface area (Å²) in [4.78, 5) is 14.8. The molecule has 2 aromatic rings. The van der Waals surface area contributed by atoms with Crippen molar-refractivity contribution in [1.82, 2.24) is 14.6 Å². The van der Waals surface area contributed by atoms with E-state index in [9.17, 15) is 18.0 Å². The van der Waals surface area contributed by atoms with E-state index in [0.717, 1.165) is 4.52 Å².